The van der Waals surface area contributed by atoms with Crippen molar-refractivity contribution >= 4 is 29.0 Å². The van der Waals surface area contributed by atoms with Crippen molar-refractivity contribution in [1.82, 2.24) is 10.2 Å². The van der Waals surface area contributed by atoms with E-state index in [1.165, 1.54) is 5.56 Å². The van der Waals surface area contributed by atoms with Gasteiger partial charge >= 0.3 is 0 Å². The van der Waals surface area contributed by atoms with Gasteiger partial charge in [-0.2, -0.15) is 0 Å². The molecule has 27 heavy (non-hydrogen) atoms. The van der Waals surface area contributed by atoms with Crippen molar-refractivity contribution in [3.63, 3.8) is 0 Å². The van der Waals surface area contributed by atoms with Gasteiger partial charge in [-0.3, -0.25) is 15.0 Å². The highest BCUT2D eigenvalue weighted by molar-refractivity contribution is 6.42. The zero-order valence-electron chi connectivity index (χ0n) is 15.1. The lowest BCUT2D eigenvalue weighted by Gasteiger charge is -2.41. The molecular formula is C22H22Cl2N2O. The third-order valence-electron chi connectivity index (χ3n) is 5.48. The Labute approximate surface area is 170 Å². The molecule has 0 fully saturated rings. The zero-order chi connectivity index (χ0) is 18.9. The highest BCUT2D eigenvalue weighted by Crippen LogP contribution is 2.33. The lowest BCUT2D eigenvalue weighted by Crippen LogP contribution is -2.59. The van der Waals surface area contributed by atoms with E-state index in [0.717, 1.165) is 37.2 Å². The van der Waals surface area contributed by atoms with E-state index in [9.17, 15) is 4.79 Å². The zero-order valence-corrected chi connectivity index (χ0v) is 16.6. The molecule has 0 saturated heterocycles. The Morgan fingerprint density at radius 1 is 1.07 bits per heavy atom. The number of Topliss-reactive ketones (excluding diaryl/α,β-unsaturated/α-hetero) is 1. The van der Waals surface area contributed by atoms with Crippen LogP contribution in [0, 0.1) is 0 Å². The average molecular weight is 401 g/mol. The predicted octanol–water partition coefficient (Wildman–Crippen LogP) is 4.02. The maximum Gasteiger partial charge on any atom is 0.163 e. The molecule has 0 radical (unpaired) electrons. The minimum atomic E-state index is -0.701. The van der Waals surface area contributed by atoms with Crippen molar-refractivity contribution in [3.8, 4) is 0 Å². The molecule has 0 aromatic heterocycles. The summed E-state index contributed by atoms with van der Waals surface area (Å²) in [6.07, 6.45) is 5.58. The fourth-order valence-electron chi connectivity index (χ4n) is 4.11. The molecule has 2 aromatic rings. The third-order valence-corrected chi connectivity index (χ3v) is 6.22. The Kier molecular flexibility index (Phi) is 5.38. The normalized spacial score (nSPS) is 22.0. The largest absolute Gasteiger partial charge is 0.300 e. The maximum atomic E-state index is 13.7. The fourth-order valence-corrected chi connectivity index (χ4v) is 4.43. The summed E-state index contributed by atoms with van der Waals surface area (Å²) in [4.78, 5) is 16.0. The molecule has 0 aliphatic carbocycles. The topological polar surface area (TPSA) is 32.3 Å². The van der Waals surface area contributed by atoms with Gasteiger partial charge in [0, 0.05) is 32.6 Å². The Morgan fingerprint density at radius 2 is 1.85 bits per heavy atom. The molecule has 1 N–H and O–H groups in total. The Morgan fingerprint density at radius 3 is 2.63 bits per heavy atom. The first-order chi connectivity index (χ1) is 13.1. The number of hydrogen-bond donors (Lipinski definition) is 1. The van der Waals surface area contributed by atoms with E-state index in [1.54, 1.807) is 12.1 Å². The number of carbonyl (C=O) groups excluding carboxylic acids is 1. The van der Waals surface area contributed by atoms with Crippen LogP contribution < -0.4 is 5.32 Å². The SMILES string of the molecule is O=C(Cc1ccc(Cl)c(Cl)c1)C1(CN2CC=CC2)NCCc2ccccc21. The van der Waals surface area contributed by atoms with E-state index < -0.39 is 5.54 Å². The van der Waals surface area contributed by atoms with Crippen molar-refractivity contribution in [1.29, 1.82) is 0 Å². The number of fused-ring (bicyclic) bond motifs is 1. The summed E-state index contributed by atoms with van der Waals surface area (Å²) in [5.74, 6) is 0.167. The first-order valence-corrected chi connectivity index (χ1v) is 10.0. The molecule has 3 nitrogen and oxygen atoms in total. The summed E-state index contributed by atoms with van der Waals surface area (Å²) in [7, 11) is 0. The lowest BCUT2D eigenvalue weighted by molar-refractivity contribution is -0.126. The Balaban J connectivity index is 1.69. The van der Waals surface area contributed by atoms with Crippen LogP contribution in [0.5, 0.6) is 0 Å². The molecule has 0 bridgehead atoms. The maximum absolute atomic E-state index is 13.7. The van der Waals surface area contributed by atoms with Gasteiger partial charge in [-0.1, -0.05) is 65.7 Å². The highest BCUT2D eigenvalue weighted by Gasteiger charge is 2.43. The smallest absolute Gasteiger partial charge is 0.163 e. The van der Waals surface area contributed by atoms with Crippen molar-refractivity contribution < 1.29 is 4.79 Å². The summed E-state index contributed by atoms with van der Waals surface area (Å²) in [5.41, 5.74) is 2.55. The van der Waals surface area contributed by atoms with E-state index in [0.29, 0.717) is 23.0 Å². The molecule has 2 heterocycles. The summed E-state index contributed by atoms with van der Waals surface area (Å²) in [6.45, 7) is 3.22. The van der Waals surface area contributed by atoms with Crippen molar-refractivity contribution in [2.45, 2.75) is 18.4 Å². The Bertz CT molecular complexity index is 888. The van der Waals surface area contributed by atoms with Gasteiger partial charge in [0.1, 0.15) is 5.54 Å². The second-order valence-electron chi connectivity index (χ2n) is 7.25. The molecule has 2 aliphatic heterocycles. The van der Waals surface area contributed by atoms with Crippen LogP contribution in [0.15, 0.2) is 54.6 Å². The number of hydrogen-bond acceptors (Lipinski definition) is 3. The van der Waals surface area contributed by atoms with Crippen LogP contribution in [0.25, 0.3) is 0 Å². The second-order valence-corrected chi connectivity index (χ2v) is 8.07. The van der Waals surface area contributed by atoms with Crippen LogP contribution in [0.4, 0.5) is 0 Å². The predicted molar refractivity (Wildman–Crippen MR) is 111 cm³/mol. The third kappa shape index (κ3) is 3.70. The van der Waals surface area contributed by atoms with Gasteiger partial charge in [-0.25, -0.2) is 0 Å². The number of rotatable bonds is 5. The minimum Gasteiger partial charge on any atom is -0.300 e. The van der Waals surface area contributed by atoms with Crippen molar-refractivity contribution in [3.05, 3.63) is 81.4 Å². The van der Waals surface area contributed by atoms with Gasteiger partial charge < -0.3 is 0 Å². The molecule has 2 aromatic carbocycles. The Hall–Kier alpha value is -1.65. The number of nitrogens with zero attached hydrogens (tertiary/aromatic N) is 1. The van der Waals surface area contributed by atoms with Crippen molar-refractivity contribution in [2.75, 3.05) is 26.2 Å². The first-order valence-electron chi connectivity index (χ1n) is 9.26. The van der Waals surface area contributed by atoms with Gasteiger partial charge in [-0.15, -0.1) is 0 Å². The van der Waals surface area contributed by atoms with E-state index in [1.807, 2.05) is 12.1 Å². The molecule has 0 spiro atoms. The lowest BCUT2D eigenvalue weighted by atomic mass is 9.77. The van der Waals surface area contributed by atoms with Gasteiger partial charge in [0.05, 0.1) is 10.0 Å². The standard InChI is InChI=1S/C22H22Cl2N2O/c23-19-8-7-16(13-20(19)24)14-21(27)22(15-26-11-3-4-12-26)18-6-2-1-5-17(18)9-10-25-22/h1-8,13,25H,9-12,14-15H2. The quantitative estimate of drug-likeness (QED) is 0.769. The summed E-state index contributed by atoms with van der Waals surface area (Å²) >= 11 is 12.2. The number of halogens is 2. The van der Waals surface area contributed by atoms with Gasteiger partial charge in [-0.05, 0) is 35.2 Å². The van der Waals surface area contributed by atoms with E-state index in [2.05, 4.69) is 40.6 Å². The van der Waals surface area contributed by atoms with E-state index in [-0.39, 0.29) is 5.78 Å². The fraction of sp³-hybridized carbons (Fsp3) is 0.318. The molecule has 1 atom stereocenters. The molecule has 5 heteroatoms. The van der Waals surface area contributed by atoms with Crippen LogP contribution in [-0.4, -0.2) is 36.9 Å². The van der Waals surface area contributed by atoms with Gasteiger partial charge in [0.15, 0.2) is 5.78 Å². The second kappa shape index (κ2) is 7.76. The number of carbonyl (C=O) groups is 1. The van der Waals surface area contributed by atoms with Crippen LogP contribution in [-0.2, 0) is 23.2 Å². The molecule has 1 unspecified atom stereocenters. The van der Waals surface area contributed by atoms with Crippen LogP contribution >= 0.6 is 23.2 Å². The number of ketones is 1. The van der Waals surface area contributed by atoms with Crippen LogP contribution in [0.2, 0.25) is 10.0 Å². The minimum absolute atomic E-state index is 0.167. The van der Waals surface area contributed by atoms with Crippen LogP contribution in [0.1, 0.15) is 16.7 Å². The first kappa shape index (κ1) is 18.7. The monoisotopic (exact) mass is 400 g/mol. The summed E-state index contributed by atoms with van der Waals surface area (Å²) in [5, 5.41) is 4.57. The molecule has 140 valence electrons. The molecule has 0 saturated carbocycles. The summed E-state index contributed by atoms with van der Waals surface area (Å²) < 4.78 is 0. The van der Waals surface area contributed by atoms with E-state index in [4.69, 9.17) is 23.2 Å². The van der Waals surface area contributed by atoms with Gasteiger partial charge in [0.2, 0.25) is 0 Å². The molecular weight excluding hydrogens is 379 g/mol. The molecule has 4 rings (SSSR count). The van der Waals surface area contributed by atoms with Gasteiger partial charge in [0.25, 0.3) is 0 Å². The molecule has 2 aliphatic rings. The summed E-state index contributed by atoms with van der Waals surface area (Å²) in [6, 6.07) is 13.7. The van der Waals surface area contributed by atoms with E-state index >= 15 is 0 Å². The number of nitrogens with one attached hydrogen (secondary N) is 1. The molecule has 0 amide bonds. The number of benzene rings is 2. The highest BCUT2D eigenvalue weighted by atomic mass is 35.5. The van der Waals surface area contributed by atoms with Crippen molar-refractivity contribution in [2.24, 2.45) is 0 Å². The van der Waals surface area contributed by atoms with Crippen LogP contribution in [0.3, 0.4) is 0 Å². The average Bonchev–Trinajstić information content (AvgIpc) is 3.18.